The van der Waals surface area contributed by atoms with Gasteiger partial charge in [0, 0.05) is 12.1 Å². The van der Waals surface area contributed by atoms with Crippen molar-refractivity contribution in [2.24, 2.45) is 0 Å². The van der Waals surface area contributed by atoms with E-state index in [9.17, 15) is 18.3 Å². The highest BCUT2D eigenvalue weighted by Crippen LogP contribution is 2.23. The van der Waals surface area contributed by atoms with Gasteiger partial charge in [-0.1, -0.05) is 5.16 Å². The lowest BCUT2D eigenvalue weighted by Crippen LogP contribution is -2.24. The molecule has 24 heavy (non-hydrogen) atoms. The fraction of sp³-hybridized carbons (Fsp3) is 0.333. The highest BCUT2D eigenvalue weighted by molar-refractivity contribution is 7.89. The summed E-state index contributed by atoms with van der Waals surface area (Å²) in [5.74, 6) is -0.621. The third-order valence-corrected chi connectivity index (χ3v) is 4.81. The molecule has 0 amide bonds. The summed E-state index contributed by atoms with van der Waals surface area (Å²) in [6.07, 6.45) is 0. The fourth-order valence-corrected chi connectivity index (χ4v) is 3.15. The maximum Gasteiger partial charge on any atom is 0.339 e. The molecule has 0 saturated carbocycles. The molecular formula is C15H18N2O6S. The molecule has 0 unspecified atom stereocenters. The number of carboxylic acids is 1. The first-order valence-corrected chi connectivity index (χ1v) is 8.66. The molecular weight excluding hydrogens is 336 g/mol. The highest BCUT2D eigenvalue weighted by atomic mass is 32.2. The second-order valence-corrected chi connectivity index (χ2v) is 6.79. The van der Waals surface area contributed by atoms with E-state index in [0.29, 0.717) is 17.0 Å². The molecule has 9 heteroatoms. The van der Waals surface area contributed by atoms with E-state index >= 15 is 0 Å². The normalized spacial score (nSPS) is 11.5. The maximum atomic E-state index is 12.4. The number of rotatable bonds is 7. The number of benzene rings is 1. The minimum atomic E-state index is -3.90. The van der Waals surface area contributed by atoms with E-state index in [-0.39, 0.29) is 29.4 Å². The topological polar surface area (TPSA) is 119 Å². The molecule has 1 aromatic carbocycles. The van der Waals surface area contributed by atoms with Crippen molar-refractivity contribution < 1.29 is 27.6 Å². The molecule has 0 saturated heterocycles. The monoisotopic (exact) mass is 354 g/mol. The van der Waals surface area contributed by atoms with E-state index in [1.807, 2.05) is 0 Å². The van der Waals surface area contributed by atoms with Crippen LogP contribution in [0, 0.1) is 13.8 Å². The summed E-state index contributed by atoms with van der Waals surface area (Å²) in [5, 5.41) is 13.0. The molecule has 2 rings (SSSR count). The van der Waals surface area contributed by atoms with Gasteiger partial charge in [-0.25, -0.2) is 17.9 Å². The van der Waals surface area contributed by atoms with Crippen molar-refractivity contribution in [3.05, 3.63) is 40.8 Å². The van der Waals surface area contributed by atoms with Gasteiger partial charge in [0.15, 0.2) is 0 Å². The van der Waals surface area contributed by atoms with Crippen LogP contribution in [0.15, 0.2) is 27.6 Å². The summed E-state index contributed by atoms with van der Waals surface area (Å²) in [7, 11) is -3.90. The summed E-state index contributed by atoms with van der Waals surface area (Å²) in [6, 6.07) is 3.70. The van der Waals surface area contributed by atoms with E-state index in [4.69, 9.17) is 9.26 Å². The number of aryl methyl sites for hydroxylation is 2. The molecule has 0 radical (unpaired) electrons. The third-order valence-electron chi connectivity index (χ3n) is 3.41. The largest absolute Gasteiger partial charge is 0.493 e. The van der Waals surface area contributed by atoms with Crippen molar-refractivity contribution in [3.8, 4) is 5.75 Å². The van der Waals surface area contributed by atoms with Crippen molar-refractivity contribution >= 4 is 16.0 Å². The molecule has 0 aliphatic heterocycles. The Labute approximate surface area is 139 Å². The Bertz CT molecular complexity index is 837. The second-order valence-electron chi connectivity index (χ2n) is 5.02. The number of hydrogen-bond donors (Lipinski definition) is 2. The van der Waals surface area contributed by atoms with E-state index in [2.05, 4.69) is 9.88 Å². The van der Waals surface area contributed by atoms with Gasteiger partial charge in [-0.2, -0.15) is 0 Å². The van der Waals surface area contributed by atoms with Crippen LogP contribution in [0.5, 0.6) is 5.75 Å². The van der Waals surface area contributed by atoms with E-state index in [1.165, 1.54) is 12.1 Å². The van der Waals surface area contributed by atoms with E-state index < -0.39 is 16.0 Å². The molecule has 2 N–H and O–H groups in total. The fourth-order valence-electron chi connectivity index (χ4n) is 2.13. The number of hydrogen-bond acceptors (Lipinski definition) is 6. The first kappa shape index (κ1) is 18.0. The van der Waals surface area contributed by atoms with Crippen LogP contribution in [0.25, 0.3) is 0 Å². The lowest BCUT2D eigenvalue weighted by atomic mass is 10.2. The smallest absolute Gasteiger partial charge is 0.339 e. The highest BCUT2D eigenvalue weighted by Gasteiger charge is 2.20. The zero-order valence-corrected chi connectivity index (χ0v) is 14.3. The molecule has 0 fully saturated rings. The SMILES string of the molecule is CCOc1ccc(S(=O)(=O)NCc2c(C)noc2C)cc1C(=O)O. The Hall–Kier alpha value is -2.39. The number of nitrogens with zero attached hydrogens (tertiary/aromatic N) is 1. The van der Waals surface area contributed by atoms with Crippen LogP contribution >= 0.6 is 0 Å². The lowest BCUT2D eigenvalue weighted by Gasteiger charge is -2.10. The minimum Gasteiger partial charge on any atom is -0.493 e. The Morgan fingerprint density at radius 2 is 2.08 bits per heavy atom. The molecule has 8 nitrogen and oxygen atoms in total. The van der Waals surface area contributed by atoms with E-state index in [0.717, 1.165) is 6.07 Å². The van der Waals surface area contributed by atoms with Crippen LogP contribution < -0.4 is 9.46 Å². The molecule has 0 spiro atoms. The number of aromatic nitrogens is 1. The molecule has 130 valence electrons. The van der Waals surface area contributed by atoms with Gasteiger partial charge in [-0.05, 0) is 39.0 Å². The van der Waals surface area contributed by atoms with Gasteiger partial charge in [0.25, 0.3) is 0 Å². The predicted octanol–water partition coefficient (Wildman–Crippen LogP) is 1.87. The van der Waals surface area contributed by atoms with Gasteiger partial charge in [0.1, 0.15) is 17.1 Å². The Morgan fingerprint density at radius 3 is 2.62 bits per heavy atom. The molecule has 1 heterocycles. The predicted molar refractivity (Wildman–Crippen MR) is 84.6 cm³/mol. The molecule has 0 atom stereocenters. The molecule has 0 bridgehead atoms. The van der Waals surface area contributed by atoms with Crippen LogP contribution in [-0.2, 0) is 16.6 Å². The Balaban J connectivity index is 2.29. The first-order valence-electron chi connectivity index (χ1n) is 7.17. The summed E-state index contributed by atoms with van der Waals surface area (Å²) in [6.45, 7) is 5.37. The number of aromatic carboxylic acids is 1. The van der Waals surface area contributed by atoms with Gasteiger partial charge >= 0.3 is 5.97 Å². The maximum absolute atomic E-state index is 12.4. The van der Waals surface area contributed by atoms with Crippen molar-refractivity contribution in [1.82, 2.24) is 9.88 Å². The van der Waals surface area contributed by atoms with Crippen LogP contribution in [0.2, 0.25) is 0 Å². The molecule has 2 aromatic rings. The van der Waals surface area contributed by atoms with E-state index in [1.54, 1.807) is 20.8 Å². The van der Waals surface area contributed by atoms with Crippen molar-refractivity contribution in [2.45, 2.75) is 32.2 Å². The van der Waals surface area contributed by atoms with Crippen molar-refractivity contribution in [1.29, 1.82) is 0 Å². The number of ether oxygens (including phenoxy) is 1. The third kappa shape index (κ3) is 3.74. The molecule has 0 aliphatic rings. The van der Waals surface area contributed by atoms with Gasteiger partial charge in [0.2, 0.25) is 10.0 Å². The Morgan fingerprint density at radius 1 is 1.38 bits per heavy atom. The van der Waals surface area contributed by atoms with Crippen LogP contribution in [0.4, 0.5) is 0 Å². The average Bonchev–Trinajstić information content (AvgIpc) is 2.84. The quantitative estimate of drug-likeness (QED) is 0.779. The Kier molecular flexibility index (Phi) is 5.25. The average molecular weight is 354 g/mol. The molecule has 1 aromatic heterocycles. The second kappa shape index (κ2) is 7.02. The van der Waals surface area contributed by atoms with Crippen LogP contribution in [-0.4, -0.2) is 31.3 Å². The van der Waals surface area contributed by atoms with Crippen LogP contribution in [0.3, 0.4) is 0 Å². The van der Waals surface area contributed by atoms with Crippen molar-refractivity contribution in [2.75, 3.05) is 6.61 Å². The molecule has 0 aliphatic carbocycles. The standard InChI is InChI=1S/C15H18N2O6S/c1-4-22-14-6-5-11(7-12(14)15(18)19)24(20,21)16-8-13-9(2)17-23-10(13)3/h5-7,16H,4,8H2,1-3H3,(H,18,19). The zero-order chi connectivity index (χ0) is 17.9. The van der Waals surface area contributed by atoms with Gasteiger partial charge < -0.3 is 14.4 Å². The summed E-state index contributed by atoms with van der Waals surface area (Å²) in [5.41, 5.74) is 1.02. The summed E-state index contributed by atoms with van der Waals surface area (Å²) in [4.78, 5) is 11.1. The zero-order valence-electron chi connectivity index (χ0n) is 13.5. The summed E-state index contributed by atoms with van der Waals surface area (Å²) >= 11 is 0. The number of sulfonamides is 1. The van der Waals surface area contributed by atoms with Gasteiger partial charge in [-0.15, -0.1) is 0 Å². The van der Waals surface area contributed by atoms with Gasteiger partial charge in [0.05, 0.1) is 17.2 Å². The number of carboxylic acid groups (broad SMARTS) is 1. The number of nitrogens with one attached hydrogen (secondary N) is 1. The number of carbonyl (C=O) groups is 1. The first-order chi connectivity index (χ1) is 11.3. The lowest BCUT2D eigenvalue weighted by molar-refractivity contribution is 0.0692. The summed E-state index contributed by atoms with van der Waals surface area (Å²) < 4.78 is 37.4. The van der Waals surface area contributed by atoms with Crippen LogP contribution in [0.1, 0.15) is 34.3 Å². The van der Waals surface area contributed by atoms with Crippen molar-refractivity contribution in [3.63, 3.8) is 0 Å². The minimum absolute atomic E-state index is 0.000877. The van der Waals surface area contributed by atoms with Gasteiger partial charge in [-0.3, -0.25) is 0 Å².